The number of fused-ring (bicyclic) bond motifs is 2. The molecular weight excluding hydrogens is 334 g/mol. The van der Waals surface area contributed by atoms with Crippen molar-refractivity contribution in [3.63, 3.8) is 0 Å². The molecule has 128 valence electrons. The first-order valence-corrected chi connectivity index (χ1v) is 8.74. The van der Waals surface area contributed by atoms with E-state index in [2.05, 4.69) is 10.1 Å². The van der Waals surface area contributed by atoms with E-state index in [-0.39, 0.29) is 5.56 Å². The molecule has 5 rings (SSSR count). The molecule has 0 fully saturated rings. The van der Waals surface area contributed by atoms with Gasteiger partial charge in [-0.3, -0.25) is 4.79 Å². The molecule has 0 atom stereocenters. The molecule has 0 aliphatic rings. The summed E-state index contributed by atoms with van der Waals surface area (Å²) in [5.74, 6) is 0. The van der Waals surface area contributed by atoms with Crippen LogP contribution in [0.3, 0.4) is 0 Å². The van der Waals surface area contributed by atoms with E-state index in [4.69, 9.17) is 0 Å². The smallest absolute Gasteiger partial charge is 0.267 e. The number of rotatable bonds is 2. The van der Waals surface area contributed by atoms with E-state index in [0.29, 0.717) is 10.9 Å². The SMILES string of the molecule is O=c1c2c(-c3ccccc3)c3ccccc3nc2cnn1-c1ccccc1. The van der Waals surface area contributed by atoms with Gasteiger partial charge in [-0.05, 0) is 23.8 Å². The molecule has 0 aliphatic carbocycles. The highest BCUT2D eigenvalue weighted by molar-refractivity contribution is 6.08. The fraction of sp³-hybridized carbons (Fsp3) is 0. The summed E-state index contributed by atoms with van der Waals surface area (Å²) in [7, 11) is 0. The number of hydrogen-bond acceptors (Lipinski definition) is 3. The average molecular weight is 349 g/mol. The van der Waals surface area contributed by atoms with Crippen molar-refractivity contribution in [2.24, 2.45) is 0 Å². The summed E-state index contributed by atoms with van der Waals surface area (Å²) in [6.07, 6.45) is 1.67. The lowest BCUT2D eigenvalue weighted by molar-refractivity contribution is 0.820. The standard InChI is InChI=1S/C23H15N3O/c27-23-22-20(15-24-26(23)17-11-5-2-6-12-17)25-19-14-8-7-13-18(19)21(22)16-9-3-1-4-10-16/h1-15H. The van der Waals surface area contributed by atoms with E-state index in [1.54, 1.807) is 6.20 Å². The minimum Gasteiger partial charge on any atom is -0.267 e. The largest absolute Gasteiger partial charge is 0.281 e. The fourth-order valence-electron chi connectivity index (χ4n) is 3.47. The summed E-state index contributed by atoms with van der Waals surface area (Å²) < 4.78 is 1.44. The van der Waals surface area contributed by atoms with Crippen LogP contribution in [-0.2, 0) is 0 Å². The van der Waals surface area contributed by atoms with Crippen LogP contribution in [0.1, 0.15) is 0 Å². The van der Waals surface area contributed by atoms with Gasteiger partial charge in [0.15, 0.2) is 0 Å². The van der Waals surface area contributed by atoms with E-state index in [1.807, 2.05) is 84.9 Å². The van der Waals surface area contributed by atoms with Gasteiger partial charge in [0.1, 0.15) is 0 Å². The van der Waals surface area contributed by atoms with Gasteiger partial charge in [0.2, 0.25) is 0 Å². The van der Waals surface area contributed by atoms with Crippen LogP contribution in [-0.4, -0.2) is 14.8 Å². The first kappa shape index (κ1) is 15.5. The van der Waals surface area contributed by atoms with Gasteiger partial charge in [0.25, 0.3) is 5.56 Å². The van der Waals surface area contributed by atoms with Crippen molar-refractivity contribution in [2.45, 2.75) is 0 Å². The first-order chi connectivity index (χ1) is 13.3. The second-order valence-corrected chi connectivity index (χ2v) is 6.33. The second kappa shape index (κ2) is 6.18. The van der Waals surface area contributed by atoms with Crippen LogP contribution in [0.25, 0.3) is 38.6 Å². The van der Waals surface area contributed by atoms with Crippen LogP contribution >= 0.6 is 0 Å². The Morgan fingerprint density at radius 1 is 0.704 bits per heavy atom. The normalized spacial score (nSPS) is 11.1. The molecule has 0 saturated heterocycles. The van der Waals surface area contributed by atoms with Gasteiger partial charge < -0.3 is 0 Å². The Balaban J connectivity index is 1.97. The fourth-order valence-corrected chi connectivity index (χ4v) is 3.47. The summed E-state index contributed by atoms with van der Waals surface area (Å²) in [4.78, 5) is 18.1. The Kier molecular flexibility index (Phi) is 3.54. The molecule has 0 saturated carbocycles. The molecule has 2 heterocycles. The quantitative estimate of drug-likeness (QED) is 0.438. The summed E-state index contributed by atoms with van der Waals surface area (Å²) in [5.41, 5.74) is 3.90. The van der Waals surface area contributed by atoms with Gasteiger partial charge in [-0.25, -0.2) is 4.98 Å². The third-order valence-electron chi connectivity index (χ3n) is 4.69. The van der Waals surface area contributed by atoms with Gasteiger partial charge in [0.05, 0.1) is 28.3 Å². The molecule has 0 amide bonds. The Labute approximate surface area is 155 Å². The monoisotopic (exact) mass is 349 g/mol. The molecule has 4 heteroatoms. The predicted octanol–water partition coefficient (Wildman–Crippen LogP) is 4.60. The lowest BCUT2D eigenvalue weighted by Crippen LogP contribution is -2.22. The molecule has 0 spiro atoms. The maximum Gasteiger partial charge on any atom is 0.281 e. The summed E-state index contributed by atoms with van der Waals surface area (Å²) >= 11 is 0. The Bertz CT molecular complexity index is 1330. The van der Waals surface area contributed by atoms with Crippen LogP contribution in [0.5, 0.6) is 0 Å². The minimum absolute atomic E-state index is 0.171. The molecule has 0 bridgehead atoms. The molecule has 2 aromatic heterocycles. The zero-order chi connectivity index (χ0) is 18.2. The number of para-hydroxylation sites is 2. The first-order valence-electron chi connectivity index (χ1n) is 8.74. The van der Waals surface area contributed by atoms with E-state index < -0.39 is 0 Å². The van der Waals surface area contributed by atoms with Crippen LogP contribution < -0.4 is 5.56 Å². The molecule has 5 aromatic rings. The number of nitrogens with zero attached hydrogens (tertiary/aromatic N) is 3. The van der Waals surface area contributed by atoms with E-state index in [9.17, 15) is 4.79 Å². The van der Waals surface area contributed by atoms with Crippen LogP contribution in [0.15, 0.2) is 95.9 Å². The lowest BCUT2D eigenvalue weighted by Gasteiger charge is -2.12. The number of aromatic nitrogens is 3. The van der Waals surface area contributed by atoms with Gasteiger partial charge in [0, 0.05) is 10.9 Å². The van der Waals surface area contributed by atoms with Crippen LogP contribution in [0.4, 0.5) is 0 Å². The van der Waals surface area contributed by atoms with Gasteiger partial charge in [-0.1, -0.05) is 66.7 Å². The summed E-state index contributed by atoms with van der Waals surface area (Å²) in [6, 6.07) is 27.3. The summed E-state index contributed by atoms with van der Waals surface area (Å²) in [5, 5.41) is 5.90. The number of pyridine rings is 1. The maximum absolute atomic E-state index is 13.4. The molecule has 27 heavy (non-hydrogen) atoms. The van der Waals surface area contributed by atoms with Gasteiger partial charge in [-0.2, -0.15) is 9.78 Å². The van der Waals surface area contributed by atoms with E-state index in [1.165, 1.54) is 4.68 Å². The van der Waals surface area contributed by atoms with Crippen molar-refractivity contribution < 1.29 is 0 Å². The molecule has 0 unspecified atom stereocenters. The third kappa shape index (κ3) is 2.50. The Hall–Kier alpha value is -3.79. The highest BCUT2D eigenvalue weighted by Gasteiger charge is 2.16. The molecule has 4 nitrogen and oxygen atoms in total. The van der Waals surface area contributed by atoms with Crippen molar-refractivity contribution in [3.8, 4) is 16.8 Å². The molecule has 0 radical (unpaired) electrons. The predicted molar refractivity (Wildman–Crippen MR) is 108 cm³/mol. The highest BCUT2D eigenvalue weighted by Crippen LogP contribution is 2.32. The molecule has 0 N–H and O–H groups in total. The van der Waals surface area contributed by atoms with E-state index >= 15 is 0 Å². The van der Waals surface area contributed by atoms with Crippen molar-refractivity contribution in [1.82, 2.24) is 14.8 Å². The highest BCUT2D eigenvalue weighted by atomic mass is 16.1. The third-order valence-corrected chi connectivity index (χ3v) is 4.69. The maximum atomic E-state index is 13.4. The zero-order valence-corrected chi connectivity index (χ0v) is 14.4. The molecule has 3 aromatic carbocycles. The number of hydrogen-bond donors (Lipinski definition) is 0. The second-order valence-electron chi connectivity index (χ2n) is 6.33. The lowest BCUT2D eigenvalue weighted by atomic mass is 9.97. The summed E-state index contributed by atoms with van der Waals surface area (Å²) in [6.45, 7) is 0. The van der Waals surface area contributed by atoms with Gasteiger partial charge >= 0.3 is 0 Å². The van der Waals surface area contributed by atoms with Crippen molar-refractivity contribution in [3.05, 3.63) is 101 Å². The Morgan fingerprint density at radius 2 is 1.37 bits per heavy atom. The molecular formula is C23H15N3O. The topological polar surface area (TPSA) is 47.8 Å². The zero-order valence-electron chi connectivity index (χ0n) is 14.4. The van der Waals surface area contributed by atoms with Crippen molar-refractivity contribution in [1.29, 1.82) is 0 Å². The van der Waals surface area contributed by atoms with Crippen LogP contribution in [0.2, 0.25) is 0 Å². The minimum atomic E-state index is -0.171. The average Bonchev–Trinajstić information content (AvgIpc) is 2.74. The van der Waals surface area contributed by atoms with Gasteiger partial charge in [-0.15, -0.1) is 0 Å². The van der Waals surface area contributed by atoms with Crippen molar-refractivity contribution >= 4 is 21.8 Å². The van der Waals surface area contributed by atoms with Crippen molar-refractivity contribution in [2.75, 3.05) is 0 Å². The Morgan fingerprint density at radius 3 is 2.15 bits per heavy atom. The molecule has 0 aliphatic heterocycles. The van der Waals surface area contributed by atoms with Crippen LogP contribution in [0, 0.1) is 0 Å². The number of benzene rings is 3. The van der Waals surface area contributed by atoms with E-state index in [0.717, 1.165) is 27.7 Å².